The average molecular weight is 471 g/mol. The molecule has 3 aromatic rings. The van der Waals surface area contributed by atoms with Crippen molar-refractivity contribution in [2.24, 2.45) is 9.98 Å². The van der Waals surface area contributed by atoms with Crippen LogP contribution in [-0.2, 0) is 18.6 Å². The van der Waals surface area contributed by atoms with Crippen LogP contribution in [-0.4, -0.2) is 16.4 Å². The Balaban J connectivity index is 0. The summed E-state index contributed by atoms with van der Waals surface area (Å²) in [4.78, 5) is 14.0. The number of benzene rings is 2. The van der Waals surface area contributed by atoms with Crippen molar-refractivity contribution < 1.29 is 55.8 Å². The van der Waals surface area contributed by atoms with Gasteiger partial charge in [0.15, 0.2) is 0 Å². The number of para-hydroxylation sites is 2. The molecule has 0 saturated heterocycles. The largest absolute Gasteiger partial charge is 3.00 e. The van der Waals surface area contributed by atoms with Crippen molar-refractivity contribution in [2.45, 2.75) is 13.8 Å². The summed E-state index contributed by atoms with van der Waals surface area (Å²) in [7, 11) is 0. The SMILES string of the molecule is CC(=Nc1ccccc1)c1cccc(C(C)=Nc2ccccc2)n1.[Cl-].[Cl-].[Cl-].[V+3]. The normalized spacial score (nSPS) is 10.5. The van der Waals surface area contributed by atoms with Crippen LogP contribution >= 0.6 is 0 Å². The van der Waals surface area contributed by atoms with Gasteiger partial charge in [-0.3, -0.25) is 9.98 Å². The summed E-state index contributed by atoms with van der Waals surface area (Å²) in [6.45, 7) is 3.95. The van der Waals surface area contributed by atoms with Crippen LogP contribution in [0.4, 0.5) is 11.4 Å². The fraction of sp³-hybridized carbons (Fsp3) is 0.0952. The Morgan fingerprint density at radius 2 is 0.929 bits per heavy atom. The molecule has 0 radical (unpaired) electrons. The quantitative estimate of drug-likeness (QED) is 0.363. The summed E-state index contributed by atoms with van der Waals surface area (Å²) in [5, 5.41) is 0. The van der Waals surface area contributed by atoms with Gasteiger partial charge in [0, 0.05) is 0 Å². The Morgan fingerprint density at radius 1 is 0.571 bits per heavy atom. The number of hydrogen-bond acceptors (Lipinski definition) is 3. The first kappa shape index (κ1) is 28.6. The van der Waals surface area contributed by atoms with E-state index in [4.69, 9.17) is 4.98 Å². The van der Waals surface area contributed by atoms with Crippen molar-refractivity contribution in [3.8, 4) is 0 Å². The Kier molecular flexibility index (Phi) is 14.7. The smallest absolute Gasteiger partial charge is 1.00 e. The number of rotatable bonds is 4. The van der Waals surface area contributed by atoms with Crippen LogP contribution in [0.3, 0.4) is 0 Å². The van der Waals surface area contributed by atoms with E-state index in [9.17, 15) is 0 Å². The Morgan fingerprint density at radius 3 is 1.29 bits per heavy atom. The van der Waals surface area contributed by atoms with Crippen molar-refractivity contribution >= 4 is 22.8 Å². The predicted molar refractivity (Wildman–Crippen MR) is 101 cm³/mol. The van der Waals surface area contributed by atoms with Gasteiger partial charge in [0.1, 0.15) is 0 Å². The van der Waals surface area contributed by atoms with Gasteiger partial charge >= 0.3 is 18.6 Å². The zero-order valence-electron chi connectivity index (χ0n) is 15.4. The second-order valence-corrected chi connectivity index (χ2v) is 5.47. The molecule has 1 heterocycles. The van der Waals surface area contributed by atoms with Crippen molar-refractivity contribution in [3.05, 3.63) is 90.3 Å². The first-order chi connectivity index (χ1) is 11.7. The predicted octanol–water partition coefficient (Wildman–Crippen LogP) is -3.63. The van der Waals surface area contributed by atoms with Gasteiger partial charge in [-0.2, -0.15) is 0 Å². The summed E-state index contributed by atoms with van der Waals surface area (Å²) in [6.07, 6.45) is 0. The van der Waals surface area contributed by atoms with Gasteiger partial charge in [-0.1, -0.05) is 42.5 Å². The summed E-state index contributed by atoms with van der Waals surface area (Å²) in [5.41, 5.74) is 5.35. The third-order valence-electron chi connectivity index (χ3n) is 3.60. The fourth-order valence-corrected chi connectivity index (χ4v) is 2.34. The molecule has 3 nitrogen and oxygen atoms in total. The molecule has 3 rings (SSSR count). The molecule has 7 heteroatoms. The molecule has 1 aromatic heterocycles. The molecular formula is C21H19Cl3N3V. The van der Waals surface area contributed by atoms with Crippen molar-refractivity contribution in [3.63, 3.8) is 0 Å². The second-order valence-electron chi connectivity index (χ2n) is 5.47. The zero-order chi connectivity index (χ0) is 16.8. The van der Waals surface area contributed by atoms with Crippen LogP contribution in [0.25, 0.3) is 0 Å². The maximum absolute atomic E-state index is 4.70. The Labute approximate surface area is 196 Å². The number of nitrogens with zero attached hydrogens (tertiary/aromatic N) is 3. The van der Waals surface area contributed by atoms with Gasteiger partial charge in [-0.15, -0.1) is 0 Å². The van der Waals surface area contributed by atoms with Crippen LogP contribution in [0.15, 0.2) is 88.8 Å². The van der Waals surface area contributed by atoms with E-state index in [1.807, 2.05) is 92.7 Å². The summed E-state index contributed by atoms with van der Waals surface area (Å²) in [6, 6.07) is 25.7. The standard InChI is InChI=1S/C21H19N3.3ClH.V/c1-16(22-18-10-5-3-6-11-18)20-14-9-15-21(24-20)17(2)23-19-12-7-4-8-13-19;;;;/h3-15H,1-2H3;3*1H;/q;;;;+3/p-3. The van der Waals surface area contributed by atoms with Crippen LogP contribution in [0.1, 0.15) is 25.2 Å². The van der Waals surface area contributed by atoms with Gasteiger partial charge in [-0.05, 0) is 50.2 Å². The molecule has 0 aliphatic carbocycles. The Hall–Kier alpha value is -1.62. The molecule has 0 amide bonds. The molecule has 28 heavy (non-hydrogen) atoms. The third kappa shape index (κ3) is 8.18. The summed E-state index contributed by atoms with van der Waals surface area (Å²) < 4.78 is 0. The van der Waals surface area contributed by atoms with E-state index in [1.165, 1.54) is 0 Å². The fourth-order valence-electron chi connectivity index (χ4n) is 2.34. The monoisotopic (exact) mass is 469 g/mol. The number of pyridine rings is 1. The minimum Gasteiger partial charge on any atom is -1.00 e. The molecule has 0 unspecified atom stereocenters. The van der Waals surface area contributed by atoms with E-state index in [1.54, 1.807) is 0 Å². The van der Waals surface area contributed by atoms with E-state index in [0.29, 0.717) is 0 Å². The molecule has 0 N–H and O–H groups in total. The molecule has 0 spiro atoms. The van der Waals surface area contributed by atoms with Crippen LogP contribution in [0, 0.1) is 0 Å². The second kappa shape index (κ2) is 14.4. The summed E-state index contributed by atoms with van der Waals surface area (Å²) >= 11 is 0. The van der Waals surface area contributed by atoms with Crippen LogP contribution < -0.4 is 37.2 Å². The van der Waals surface area contributed by atoms with Gasteiger partial charge < -0.3 is 37.2 Å². The van der Waals surface area contributed by atoms with Gasteiger partial charge in [0.05, 0.1) is 34.2 Å². The average Bonchev–Trinajstić information content (AvgIpc) is 2.63. The number of aliphatic imine (C=N–C) groups is 2. The minimum absolute atomic E-state index is 0. The minimum atomic E-state index is 0. The van der Waals surface area contributed by atoms with Crippen molar-refractivity contribution in [2.75, 3.05) is 0 Å². The van der Waals surface area contributed by atoms with Crippen molar-refractivity contribution in [1.82, 2.24) is 4.98 Å². The molecule has 0 bridgehead atoms. The van der Waals surface area contributed by atoms with E-state index < -0.39 is 0 Å². The molecule has 0 atom stereocenters. The topological polar surface area (TPSA) is 37.6 Å². The molecule has 0 aliphatic heterocycles. The molecule has 0 saturated carbocycles. The van der Waals surface area contributed by atoms with Crippen LogP contribution in [0.2, 0.25) is 0 Å². The third-order valence-corrected chi connectivity index (χ3v) is 3.60. The zero-order valence-corrected chi connectivity index (χ0v) is 19.1. The van der Waals surface area contributed by atoms with Gasteiger partial charge in [0.25, 0.3) is 0 Å². The molecule has 0 fully saturated rings. The molecule has 144 valence electrons. The first-order valence-electron chi connectivity index (χ1n) is 7.91. The van der Waals surface area contributed by atoms with E-state index in [-0.39, 0.29) is 55.8 Å². The van der Waals surface area contributed by atoms with Crippen LogP contribution in [0.5, 0.6) is 0 Å². The molecule has 2 aromatic carbocycles. The van der Waals surface area contributed by atoms with Gasteiger partial charge in [0.2, 0.25) is 0 Å². The first-order valence-corrected chi connectivity index (χ1v) is 7.91. The number of hydrogen-bond donors (Lipinski definition) is 0. The number of halogens is 3. The van der Waals surface area contributed by atoms with E-state index in [2.05, 4.69) is 9.98 Å². The maximum atomic E-state index is 4.70. The summed E-state index contributed by atoms with van der Waals surface area (Å²) in [5.74, 6) is 0. The molecule has 0 aliphatic rings. The number of aromatic nitrogens is 1. The maximum Gasteiger partial charge on any atom is 3.00 e. The van der Waals surface area contributed by atoms with E-state index >= 15 is 0 Å². The molecular weight excluding hydrogens is 452 g/mol. The Bertz CT molecular complexity index is 815. The van der Waals surface area contributed by atoms with Crippen molar-refractivity contribution in [1.29, 1.82) is 0 Å². The van der Waals surface area contributed by atoms with E-state index in [0.717, 1.165) is 34.2 Å². The van der Waals surface area contributed by atoms with Gasteiger partial charge in [-0.25, -0.2) is 4.98 Å².